The van der Waals surface area contributed by atoms with Gasteiger partial charge in [0.2, 0.25) is 10.0 Å². The highest BCUT2D eigenvalue weighted by Crippen LogP contribution is 2.31. The maximum atomic E-state index is 12.9. The van der Waals surface area contributed by atoms with Crippen molar-refractivity contribution in [3.63, 3.8) is 0 Å². The van der Waals surface area contributed by atoms with Crippen LogP contribution < -0.4 is 14.2 Å². The monoisotopic (exact) mass is 522 g/mol. The third kappa shape index (κ3) is 5.23. The molecular weight excluding hydrogens is 506 g/mol. The normalized spacial score (nSPS) is 12.3. The first-order valence-electron chi connectivity index (χ1n) is 8.70. The van der Waals surface area contributed by atoms with E-state index in [2.05, 4.69) is 30.4 Å². The molecule has 1 heterocycles. The lowest BCUT2D eigenvalue weighted by Crippen LogP contribution is -2.26. The van der Waals surface area contributed by atoms with Crippen LogP contribution in [0.3, 0.4) is 0 Å². The zero-order valence-corrected chi connectivity index (χ0v) is 19.1. The number of benzene rings is 2. The van der Waals surface area contributed by atoms with E-state index in [9.17, 15) is 17.2 Å². The smallest absolute Gasteiger partial charge is 0.487 e. The van der Waals surface area contributed by atoms with Crippen molar-refractivity contribution in [2.24, 2.45) is 0 Å². The number of rotatable bonds is 8. The summed E-state index contributed by atoms with van der Waals surface area (Å²) in [5.41, 5.74) is -1.53. The number of hydrogen-bond donors (Lipinski definition) is 2. The molecular formula is C19H18BrClF2N2O4S. The molecule has 0 bridgehead atoms. The highest BCUT2D eigenvalue weighted by molar-refractivity contribution is 9.10. The third-order valence-electron chi connectivity index (χ3n) is 4.42. The van der Waals surface area contributed by atoms with Crippen molar-refractivity contribution in [1.29, 1.82) is 0 Å². The van der Waals surface area contributed by atoms with E-state index in [1.165, 1.54) is 31.4 Å². The Bertz CT molecular complexity index is 1180. The van der Waals surface area contributed by atoms with Crippen LogP contribution in [0.2, 0.25) is 0 Å². The van der Waals surface area contributed by atoms with E-state index in [-0.39, 0.29) is 17.2 Å². The number of fused-ring (bicyclic) bond motifs is 1. The fraction of sp³-hybridized carbons (Fsp3) is 0.263. The molecule has 2 aromatic carbocycles. The molecule has 162 valence electrons. The van der Waals surface area contributed by atoms with Gasteiger partial charge in [-0.1, -0.05) is 0 Å². The standard InChI is InChI=1S/C19H18BrClF2N2O4S/c1-11-14(15-9-12(29-19(21,22)23)3-6-17(15)25-11)7-8-24-30(26,27)13-4-5-16(20)18(10-13)28-2/h3-6,9-10,24-25H,7-8H2,1-2H3. The van der Waals surface area contributed by atoms with Crippen LogP contribution in [0.5, 0.6) is 11.5 Å². The predicted octanol–water partition coefficient (Wildman–Crippen LogP) is 4.94. The average molecular weight is 524 g/mol. The summed E-state index contributed by atoms with van der Waals surface area (Å²) >= 11 is 8.12. The predicted molar refractivity (Wildman–Crippen MR) is 114 cm³/mol. The van der Waals surface area contributed by atoms with Gasteiger partial charge >= 0.3 is 5.57 Å². The molecule has 0 saturated carbocycles. The molecule has 6 nitrogen and oxygen atoms in total. The number of H-pyrrole nitrogens is 1. The Labute approximate surface area is 185 Å². The van der Waals surface area contributed by atoms with Gasteiger partial charge in [0.25, 0.3) is 0 Å². The van der Waals surface area contributed by atoms with Crippen LogP contribution in [-0.4, -0.2) is 32.6 Å². The molecule has 0 radical (unpaired) electrons. The van der Waals surface area contributed by atoms with E-state index in [4.69, 9.17) is 16.3 Å². The second-order valence-electron chi connectivity index (χ2n) is 6.43. The van der Waals surface area contributed by atoms with Gasteiger partial charge in [0.15, 0.2) is 0 Å². The topological polar surface area (TPSA) is 80.4 Å². The number of alkyl halides is 3. The number of halogens is 4. The van der Waals surface area contributed by atoms with Crippen molar-refractivity contribution < 1.29 is 26.7 Å². The minimum atomic E-state index is -3.82. The first-order chi connectivity index (χ1) is 14.0. The number of ether oxygens (including phenoxy) is 2. The second-order valence-corrected chi connectivity index (χ2v) is 9.49. The molecule has 0 spiro atoms. The van der Waals surface area contributed by atoms with Crippen molar-refractivity contribution in [2.75, 3.05) is 13.7 Å². The Hall–Kier alpha value is -1.88. The number of aromatic nitrogens is 1. The average Bonchev–Trinajstić information content (AvgIpc) is 2.95. The summed E-state index contributed by atoms with van der Waals surface area (Å²) in [6, 6.07) is 8.88. The Morgan fingerprint density at radius 3 is 2.63 bits per heavy atom. The number of hydrogen-bond acceptors (Lipinski definition) is 4. The quantitative estimate of drug-likeness (QED) is 0.410. The van der Waals surface area contributed by atoms with Crippen LogP contribution in [0.1, 0.15) is 11.3 Å². The summed E-state index contributed by atoms with van der Waals surface area (Å²) in [6.45, 7) is 1.92. The van der Waals surface area contributed by atoms with Gasteiger partial charge in [-0.15, -0.1) is 8.78 Å². The molecule has 0 aliphatic carbocycles. The molecule has 3 aromatic rings. The number of aryl methyl sites for hydroxylation is 1. The lowest BCUT2D eigenvalue weighted by Gasteiger charge is -2.11. The summed E-state index contributed by atoms with van der Waals surface area (Å²) in [4.78, 5) is 3.21. The Kier molecular flexibility index (Phi) is 6.61. The molecule has 0 aliphatic heterocycles. The fourth-order valence-corrected chi connectivity index (χ4v) is 4.63. The molecule has 30 heavy (non-hydrogen) atoms. The summed E-state index contributed by atoms with van der Waals surface area (Å²) in [5, 5.41) is 0.649. The first kappa shape index (κ1) is 22.8. The van der Waals surface area contributed by atoms with Crippen LogP contribution in [0.25, 0.3) is 10.9 Å². The minimum absolute atomic E-state index is 0.0678. The van der Waals surface area contributed by atoms with Gasteiger partial charge in [-0.2, -0.15) is 0 Å². The van der Waals surface area contributed by atoms with Crippen LogP contribution in [0.15, 0.2) is 45.8 Å². The van der Waals surface area contributed by atoms with Crippen molar-refractivity contribution in [1.82, 2.24) is 9.71 Å². The fourth-order valence-electron chi connectivity index (χ4n) is 3.08. The van der Waals surface area contributed by atoms with Gasteiger partial charge in [-0.25, -0.2) is 13.1 Å². The third-order valence-corrected chi connectivity index (χ3v) is 6.62. The molecule has 1 aromatic heterocycles. The molecule has 11 heteroatoms. The van der Waals surface area contributed by atoms with E-state index in [1.54, 1.807) is 12.1 Å². The molecule has 0 aliphatic rings. The number of nitrogens with one attached hydrogen (secondary N) is 2. The zero-order chi connectivity index (χ0) is 22.1. The lowest BCUT2D eigenvalue weighted by molar-refractivity contribution is -0.0964. The van der Waals surface area contributed by atoms with Crippen molar-refractivity contribution in [2.45, 2.75) is 23.8 Å². The van der Waals surface area contributed by atoms with Crippen LogP contribution >= 0.6 is 27.5 Å². The van der Waals surface area contributed by atoms with Crippen molar-refractivity contribution in [3.05, 3.63) is 52.1 Å². The maximum Gasteiger partial charge on any atom is 0.487 e. The van der Waals surface area contributed by atoms with Crippen LogP contribution in [0.4, 0.5) is 8.78 Å². The lowest BCUT2D eigenvalue weighted by atomic mass is 10.1. The number of methoxy groups -OCH3 is 1. The van der Waals surface area contributed by atoms with E-state index >= 15 is 0 Å². The van der Waals surface area contributed by atoms with Gasteiger partial charge in [0, 0.05) is 40.8 Å². The maximum absolute atomic E-state index is 12.9. The zero-order valence-electron chi connectivity index (χ0n) is 15.9. The van der Waals surface area contributed by atoms with Gasteiger partial charge in [-0.05, 0) is 65.2 Å². The van der Waals surface area contributed by atoms with E-state index in [1.807, 2.05) is 6.92 Å². The Morgan fingerprint density at radius 1 is 1.23 bits per heavy atom. The molecule has 0 atom stereocenters. The minimum Gasteiger partial charge on any atom is -0.496 e. The van der Waals surface area contributed by atoms with E-state index in [0.717, 1.165) is 11.3 Å². The highest BCUT2D eigenvalue weighted by atomic mass is 79.9. The highest BCUT2D eigenvalue weighted by Gasteiger charge is 2.28. The van der Waals surface area contributed by atoms with Crippen molar-refractivity contribution >= 4 is 48.5 Å². The van der Waals surface area contributed by atoms with Gasteiger partial charge in [0.05, 0.1) is 16.5 Å². The number of aromatic amines is 1. The Morgan fingerprint density at radius 2 is 1.97 bits per heavy atom. The van der Waals surface area contributed by atoms with Gasteiger partial charge < -0.3 is 14.5 Å². The first-order valence-corrected chi connectivity index (χ1v) is 11.4. The molecule has 2 N–H and O–H groups in total. The second kappa shape index (κ2) is 8.70. The molecule has 0 saturated heterocycles. The number of sulfonamides is 1. The summed E-state index contributed by atoms with van der Waals surface area (Å²) in [7, 11) is -2.32. The molecule has 3 rings (SSSR count). The molecule has 0 fully saturated rings. The molecule has 0 unspecified atom stereocenters. The summed E-state index contributed by atoms with van der Waals surface area (Å²) in [5.74, 6) is 0.305. The van der Waals surface area contributed by atoms with Gasteiger partial charge in [-0.3, -0.25) is 0 Å². The Balaban J connectivity index is 1.78. The largest absolute Gasteiger partial charge is 0.496 e. The summed E-state index contributed by atoms with van der Waals surface area (Å²) in [6.07, 6.45) is 0.333. The van der Waals surface area contributed by atoms with E-state index < -0.39 is 15.6 Å². The van der Waals surface area contributed by atoms with E-state index in [0.29, 0.717) is 27.5 Å². The van der Waals surface area contributed by atoms with Crippen LogP contribution in [0, 0.1) is 6.92 Å². The van der Waals surface area contributed by atoms with Gasteiger partial charge in [0.1, 0.15) is 11.5 Å². The van der Waals surface area contributed by atoms with Crippen molar-refractivity contribution in [3.8, 4) is 11.5 Å². The molecule has 0 amide bonds. The SMILES string of the molecule is COc1cc(S(=O)(=O)NCCc2c(C)[nH]c3ccc(OC(F)(F)Cl)cc23)ccc1Br. The summed E-state index contributed by atoms with van der Waals surface area (Å²) < 4.78 is 63.8. The van der Waals surface area contributed by atoms with Crippen LogP contribution in [-0.2, 0) is 16.4 Å².